The van der Waals surface area contributed by atoms with Gasteiger partial charge in [-0.05, 0) is 42.0 Å². The lowest BCUT2D eigenvalue weighted by Crippen LogP contribution is -2.42. The van der Waals surface area contributed by atoms with Crippen LogP contribution in [0, 0.1) is 5.82 Å². The molecule has 0 fully saturated rings. The van der Waals surface area contributed by atoms with Crippen molar-refractivity contribution in [1.29, 1.82) is 0 Å². The number of anilines is 1. The number of carbonyl (C=O) groups excluding carboxylic acids is 2. The number of hydrogen-bond acceptors (Lipinski definition) is 5. The number of halogens is 2. The number of aromatic nitrogens is 2. The summed E-state index contributed by atoms with van der Waals surface area (Å²) in [5.41, 5.74) is 3.57. The number of nitrogens with zero attached hydrogens (tertiary/aromatic N) is 3. The summed E-state index contributed by atoms with van der Waals surface area (Å²) in [6.07, 6.45) is 1.53. The van der Waals surface area contributed by atoms with Gasteiger partial charge in [0.25, 0.3) is 0 Å². The average Bonchev–Trinajstić information content (AvgIpc) is 3.62. The summed E-state index contributed by atoms with van der Waals surface area (Å²) in [6.45, 7) is -0.0552. The van der Waals surface area contributed by atoms with Gasteiger partial charge >= 0.3 is 0 Å². The highest BCUT2D eigenvalue weighted by Crippen LogP contribution is 2.48. The van der Waals surface area contributed by atoms with Crippen LogP contribution in [0.25, 0.3) is 16.9 Å². The van der Waals surface area contributed by atoms with Crippen LogP contribution in [0.15, 0.2) is 102 Å². The van der Waals surface area contributed by atoms with E-state index in [4.69, 9.17) is 21.1 Å². The van der Waals surface area contributed by atoms with Gasteiger partial charge < -0.3 is 9.73 Å². The van der Waals surface area contributed by atoms with Crippen LogP contribution >= 0.6 is 23.4 Å². The number of para-hydroxylation sites is 1. The highest BCUT2D eigenvalue weighted by molar-refractivity contribution is 8.00. The normalized spacial score (nSPS) is 14.9. The molecule has 2 aromatic heterocycles. The molecular formula is C31H24ClFN4O3S. The topological polar surface area (TPSA) is 80.4 Å². The maximum atomic E-state index is 13.9. The zero-order valence-corrected chi connectivity index (χ0v) is 23.2. The van der Waals surface area contributed by atoms with Gasteiger partial charge in [-0.3, -0.25) is 14.5 Å². The number of thioether (sulfide) groups is 1. The summed E-state index contributed by atoms with van der Waals surface area (Å²) >= 11 is 8.07. The SMILES string of the molecule is O=C(CN1C(=O)CSC(c2ccc(F)cc2)c2c(-c3ccccc3)nn(-c3ccccc3Cl)c21)NCc1ccco1. The van der Waals surface area contributed by atoms with Crippen molar-refractivity contribution in [2.45, 2.75) is 11.8 Å². The minimum atomic E-state index is -0.378. The fourth-order valence-corrected chi connectivity index (χ4v) is 6.23. The fourth-order valence-electron chi connectivity index (χ4n) is 4.82. The van der Waals surface area contributed by atoms with Gasteiger partial charge in [0.2, 0.25) is 11.8 Å². The summed E-state index contributed by atoms with van der Waals surface area (Å²) in [7, 11) is 0. The number of hydrogen-bond donors (Lipinski definition) is 1. The van der Waals surface area contributed by atoms with Crippen LogP contribution in [0.1, 0.15) is 22.1 Å². The standard InChI is InChI=1S/C31H24ClFN4O3S/c32-24-10-4-5-11-25(24)37-31-28(29(35-37)20-7-2-1-3-8-20)30(21-12-14-22(33)15-13-21)41-19-27(39)36(31)18-26(38)34-17-23-9-6-16-40-23/h1-16,30H,17-19H2,(H,34,38). The summed E-state index contributed by atoms with van der Waals surface area (Å²) in [4.78, 5) is 28.4. The van der Waals surface area contributed by atoms with Crippen LogP contribution < -0.4 is 10.2 Å². The fraction of sp³-hybridized carbons (Fsp3) is 0.129. The Kier molecular flexibility index (Phi) is 7.63. The lowest BCUT2D eigenvalue weighted by molar-refractivity contribution is -0.123. The zero-order chi connectivity index (χ0) is 28.3. The van der Waals surface area contributed by atoms with Crippen molar-refractivity contribution < 1.29 is 18.4 Å². The molecule has 1 aliphatic heterocycles. The first kappa shape index (κ1) is 26.9. The Morgan fingerprint density at radius 2 is 1.78 bits per heavy atom. The molecule has 6 rings (SSSR count). The van der Waals surface area contributed by atoms with Gasteiger partial charge in [0.15, 0.2) is 0 Å². The Balaban J connectivity index is 1.54. The van der Waals surface area contributed by atoms with E-state index in [9.17, 15) is 14.0 Å². The molecule has 0 saturated heterocycles. The maximum absolute atomic E-state index is 13.9. The first-order valence-electron chi connectivity index (χ1n) is 12.9. The third-order valence-corrected chi connectivity index (χ3v) is 8.31. The molecule has 41 heavy (non-hydrogen) atoms. The van der Waals surface area contributed by atoms with Gasteiger partial charge in [0, 0.05) is 11.1 Å². The summed E-state index contributed by atoms with van der Waals surface area (Å²) in [5.74, 6) is 0.156. The van der Waals surface area contributed by atoms with E-state index in [1.54, 1.807) is 35.0 Å². The Labute approximate surface area is 244 Å². The van der Waals surface area contributed by atoms with Crippen molar-refractivity contribution in [3.8, 4) is 16.9 Å². The molecule has 1 unspecified atom stereocenters. The van der Waals surface area contributed by atoms with Crippen LogP contribution in [0.4, 0.5) is 10.2 Å². The molecule has 1 N–H and O–H groups in total. The highest BCUT2D eigenvalue weighted by atomic mass is 35.5. The van der Waals surface area contributed by atoms with E-state index < -0.39 is 0 Å². The number of nitrogens with one attached hydrogen (secondary N) is 1. The van der Waals surface area contributed by atoms with E-state index in [1.807, 2.05) is 48.5 Å². The minimum absolute atomic E-state index is 0.0962. The van der Waals surface area contributed by atoms with Crippen molar-refractivity contribution in [1.82, 2.24) is 15.1 Å². The second-order valence-electron chi connectivity index (χ2n) is 9.39. The van der Waals surface area contributed by atoms with Crippen molar-refractivity contribution in [2.75, 3.05) is 17.2 Å². The largest absolute Gasteiger partial charge is 0.467 e. The smallest absolute Gasteiger partial charge is 0.240 e. The first-order valence-corrected chi connectivity index (χ1v) is 14.3. The number of rotatable bonds is 7. The van der Waals surface area contributed by atoms with E-state index in [1.165, 1.54) is 35.1 Å². The highest BCUT2D eigenvalue weighted by Gasteiger charge is 2.38. The molecule has 1 aliphatic rings. The molecule has 0 radical (unpaired) electrons. The molecule has 3 heterocycles. The average molecular weight is 587 g/mol. The molecule has 3 aromatic carbocycles. The lowest BCUT2D eigenvalue weighted by atomic mass is 9.99. The molecule has 0 saturated carbocycles. The number of amides is 2. The Morgan fingerprint density at radius 1 is 1.02 bits per heavy atom. The third-order valence-electron chi connectivity index (χ3n) is 6.73. The van der Waals surface area contributed by atoms with Crippen molar-refractivity contribution in [3.05, 3.63) is 125 Å². The van der Waals surface area contributed by atoms with Gasteiger partial charge in [-0.2, -0.15) is 5.10 Å². The van der Waals surface area contributed by atoms with Crippen molar-refractivity contribution >= 4 is 41.0 Å². The molecular weight excluding hydrogens is 563 g/mol. The van der Waals surface area contributed by atoms with Crippen LogP contribution in [-0.2, 0) is 16.1 Å². The number of furan rings is 1. The van der Waals surface area contributed by atoms with Crippen LogP contribution in [0.2, 0.25) is 5.02 Å². The molecule has 0 aliphatic carbocycles. The van der Waals surface area contributed by atoms with Crippen LogP contribution in [-0.4, -0.2) is 33.9 Å². The van der Waals surface area contributed by atoms with Gasteiger partial charge in [-0.1, -0.05) is 66.2 Å². The molecule has 0 spiro atoms. The molecule has 1 atom stereocenters. The molecule has 10 heteroatoms. The van der Waals surface area contributed by atoms with E-state index in [-0.39, 0.29) is 41.7 Å². The molecule has 0 bridgehead atoms. The van der Waals surface area contributed by atoms with Gasteiger partial charge in [0.1, 0.15) is 23.9 Å². The van der Waals surface area contributed by atoms with Crippen molar-refractivity contribution in [3.63, 3.8) is 0 Å². The number of benzene rings is 3. The quantitative estimate of drug-likeness (QED) is 0.238. The molecule has 206 valence electrons. The predicted molar refractivity (Wildman–Crippen MR) is 158 cm³/mol. The van der Waals surface area contributed by atoms with Gasteiger partial charge in [0.05, 0.1) is 40.2 Å². The predicted octanol–water partition coefficient (Wildman–Crippen LogP) is 6.41. The van der Waals surface area contributed by atoms with E-state index in [2.05, 4.69) is 5.32 Å². The summed E-state index contributed by atoms with van der Waals surface area (Å²) < 4.78 is 20.9. The maximum Gasteiger partial charge on any atom is 0.240 e. The Bertz CT molecular complexity index is 1690. The second-order valence-corrected chi connectivity index (χ2v) is 10.9. The molecule has 2 amide bonds. The van der Waals surface area contributed by atoms with Crippen LogP contribution in [0.3, 0.4) is 0 Å². The van der Waals surface area contributed by atoms with Crippen LogP contribution in [0.5, 0.6) is 0 Å². The second kappa shape index (κ2) is 11.6. The monoisotopic (exact) mass is 586 g/mol. The number of carbonyl (C=O) groups is 2. The minimum Gasteiger partial charge on any atom is -0.467 e. The Morgan fingerprint density at radius 3 is 2.51 bits per heavy atom. The zero-order valence-electron chi connectivity index (χ0n) is 21.7. The summed E-state index contributed by atoms with van der Waals surface area (Å²) in [5, 5.41) is 7.90. The lowest BCUT2D eigenvalue weighted by Gasteiger charge is -2.23. The van der Waals surface area contributed by atoms with Crippen molar-refractivity contribution in [2.24, 2.45) is 0 Å². The molecule has 7 nitrogen and oxygen atoms in total. The van der Waals surface area contributed by atoms with Gasteiger partial charge in [-0.25, -0.2) is 9.07 Å². The van der Waals surface area contributed by atoms with E-state index >= 15 is 0 Å². The third kappa shape index (κ3) is 5.51. The Hall–Kier alpha value is -4.34. The number of fused-ring (bicyclic) bond motifs is 1. The first-order chi connectivity index (χ1) is 20.0. The van der Waals surface area contributed by atoms with E-state index in [0.717, 1.165) is 16.7 Å². The van der Waals surface area contributed by atoms with Gasteiger partial charge in [-0.15, -0.1) is 11.8 Å². The molecule has 5 aromatic rings. The van der Waals surface area contributed by atoms with E-state index in [0.29, 0.717) is 28.0 Å². The summed E-state index contributed by atoms with van der Waals surface area (Å²) in [6, 6.07) is 26.6.